The third-order valence-electron chi connectivity index (χ3n) is 2.61. The molecule has 0 aromatic carbocycles. The summed E-state index contributed by atoms with van der Waals surface area (Å²) in [7, 11) is 0. The summed E-state index contributed by atoms with van der Waals surface area (Å²) in [5.74, 6) is -1.69. The molecule has 0 amide bonds. The number of halogens is 4. The van der Waals surface area contributed by atoms with Crippen LogP contribution >= 0.6 is 0 Å². The van der Waals surface area contributed by atoms with Crippen molar-refractivity contribution in [1.82, 2.24) is 10.3 Å². The Labute approximate surface area is 113 Å². The van der Waals surface area contributed by atoms with Crippen LogP contribution < -0.4 is 5.32 Å². The second kappa shape index (κ2) is 6.17. The fourth-order valence-electron chi connectivity index (χ4n) is 1.53. The fraction of sp³-hybridized carbons (Fsp3) is 0.500. The number of hydrogen-bond acceptors (Lipinski definition) is 4. The lowest BCUT2D eigenvalue weighted by Crippen LogP contribution is -2.51. The Morgan fingerprint density at radius 2 is 2.05 bits per heavy atom. The Morgan fingerprint density at radius 3 is 2.55 bits per heavy atom. The zero-order valence-corrected chi connectivity index (χ0v) is 10.9. The van der Waals surface area contributed by atoms with Crippen molar-refractivity contribution in [2.45, 2.75) is 25.6 Å². The van der Waals surface area contributed by atoms with Gasteiger partial charge in [-0.15, -0.1) is 0 Å². The minimum atomic E-state index is -4.52. The second-order valence-corrected chi connectivity index (χ2v) is 4.21. The smallest absolute Gasteiger partial charge is 0.401 e. The van der Waals surface area contributed by atoms with Gasteiger partial charge >= 0.3 is 12.1 Å². The van der Waals surface area contributed by atoms with Crippen LogP contribution in [0.15, 0.2) is 18.5 Å². The first kappa shape index (κ1) is 16.4. The molecule has 0 aliphatic heterocycles. The number of aromatic nitrogens is 1. The molecule has 1 N–H and O–H groups in total. The number of nitrogens with zero attached hydrogens (tertiary/aromatic N) is 1. The molecule has 112 valence electrons. The standard InChI is InChI=1S/C12H14F4N2O2/c1-3-20-10(19)11(2,18-7-12(14,15)16)8-4-9(13)6-17-5-8/h4-6,18H,3,7H2,1-2H3. The molecule has 1 aromatic heterocycles. The van der Waals surface area contributed by atoms with Gasteiger partial charge < -0.3 is 4.74 Å². The first-order valence-corrected chi connectivity index (χ1v) is 5.79. The van der Waals surface area contributed by atoms with Gasteiger partial charge in [-0.3, -0.25) is 10.3 Å². The third kappa shape index (κ3) is 4.16. The molecule has 0 radical (unpaired) electrons. The van der Waals surface area contributed by atoms with E-state index < -0.39 is 30.0 Å². The summed E-state index contributed by atoms with van der Waals surface area (Å²) in [4.78, 5) is 15.4. The van der Waals surface area contributed by atoms with Gasteiger partial charge in [0.2, 0.25) is 0 Å². The van der Waals surface area contributed by atoms with Gasteiger partial charge in [-0.25, -0.2) is 9.18 Å². The average Bonchev–Trinajstić information content (AvgIpc) is 2.35. The SMILES string of the molecule is CCOC(=O)C(C)(NCC(F)(F)F)c1cncc(F)c1. The molecule has 1 rings (SSSR count). The number of alkyl halides is 3. The van der Waals surface area contributed by atoms with E-state index in [1.165, 1.54) is 13.8 Å². The van der Waals surface area contributed by atoms with Crippen molar-refractivity contribution in [3.8, 4) is 0 Å². The van der Waals surface area contributed by atoms with Crippen LogP contribution in [0, 0.1) is 5.82 Å². The number of carbonyl (C=O) groups is 1. The Morgan fingerprint density at radius 1 is 1.40 bits per heavy atom. The molecule has 0 aliphatic carbocycles. The van der Waals surface area contributed by atoms with E-state index in [-0.39, 0.29) is 12.2 Å². The van der Waals surface area contributed by atoms with Crippen molar-refractivity contribution in [3.63, 3.8) is 0 Å². The molecule has 0 aliphatic rings. The summed E-state index contributed by atoms with van der Waals surface area (Å²) < 4.78 is 54.9. The van der Waals surface area contributed by atoms with Crippen molar-refractivity contribution in [2.75, 3.05) is 13.2 Å². The van der Waals surface area contributed by atoms with Crippen molar-refractivity contribution in [2.24, 2.45) is 0 Å². The number of nitrogens with one attached hydrogen (secondary N) is 1. The van der Waals surface area contributed by atoms with Gasteiger partial charge in [0, 0.05) is 11.8 Å². The lowest BCUT2D eigenvalue weighted by atomic mass is 9.93. The molecular formula is C12H14F4N2O2. The monoisotopic (exact) mass is 294 g/mol. The van der Waals surface area contributed by atoms with Crippen molar-refractivity contribution in [3.05, 3.63) is 29.8 Å². The predicted molar refractivity (Wildman–Crippen MR) is 62.2 cm³/mol. The van der Waals surface area contributed by atoms with Gasteiger partial charge in [0.1, 0.15) is 11.4 Å². The maximum absolute atomic E-state index is 13.2. The molecule has 0 fully saturated rings. The van der Waals surface area contributed by atoms with E-state index in [1.807, 2.05) is 0 Å². The normalized spacial score (nSPS) is 14.7. The molecule has 20 heavy (non-hydrogen) atoms. The Bertz CT molecular complexity index is 479. The van der Waals surface area contributed by atoms with Crippen LogP contribution in [0.1, 0.15) is 19.4 Å². The molecule has 0 spiro atoms. The molecule has 0 bridgehead atoms. The third-order valence-corrected chi connectivity index (χ3v) is 2.61. The van der Waals surface area contributed by atoms with Gasteiger partial charge in [0.25, 0.3) is 0 Å². The number of hydrogen-bond donors (Lipinski definition) is 1. The number of rotatable bonds is 5. The van der Waals surface area contributed by atoms with Crippen LogP contribution in [-0.4, -0.2) is 30.3 Å². The zero-order valence-electron chi connectivity index (χ0n) is 10.9. The molecule has 1 unspecified atom stereocenters. The molecule has 8 heteroatoms. The van der Waals surface area contributed by atoms with Crippen LogP contribution in [-0.2, 0) is 15.1 Å². The lowest BCUT2D eigenvalue weighted by Gasteiger charge is -2.29. The Hall–Kier alpha value is -1.70. The van der Waals surface area contributed by atoms with E-state index in [0.717, 1.165) is 18.5 Å². The molecule has 1 heterocycles. The maximum Gasteiger partial charge on any atom is 0.401 e. The number of esters is 1. The predicted octanol–water partition coefficient (Wildman–Crippen LogP) is 2.15. The highest BCUT2D eigenvalue weighted by atomic mass is 19.4. The maximum atomic E-state index is 13.2. The highest BCUT2D eigenvalue weighted by Gasteiger charge is 2.40. The van der Waals surface area contributed by atoms with Crippen LogP contribution in [0.2, 0.25) is 0 Å². The van der Waals surface area contributed by atoms with Gasteiger partial charge in [0.15, 0.2) is 0 Å². The van der Waals surface area contributed by atoms with E-state index in [2.05, 4.69) is 10.3 Å². The minimum absolute atomic E-state index is 0.00906. The summed E-state index contributed by atoms with van der Waals surface area (Å²) in [5.41, 5.74) is -1.87. The van der Waals surface area contributed by atoms with E-state index in [1.54, 1.807) is 0 Å². The molecule has 0 saturated heterocycles. The quantitative estimate of drug-likeness (QED) is 0.668. The van der Waals surface area contributed by atoms with Crippen molar-refractivity contribution < 1.29 is 27.1 Å². The first-order chi connectivity index (χ1) is 9.19. The molecule has 1 aromatic rings. The molecular weight excluding hydrogens is 280 g/mol. The van der Waals surface area contributed by atoms with Crippen molar-refractivity contribution >= 4 is 5.97 Å². The zero-order chi connectivity index (χ0) is 15.4. The van der Waals surface area contributed by atoms with E-state index in [9.17, 15) is 22.4 Å². The van der Waals surface area contributed by atoms with Crippen molar-refractivity contribution in [1.29, 1.82) is 0 Å². The van der Waals surface area contributed by atoms with Crippen LogP contribution in [0.4, 0.5) is 17.6 Å². The highest BCUT2D eigenvalue weighted by Crippen LogP contribution is 2.24. The summed E-state index contributed by atoms with van der Waals surface area (Å²) in [5, 5.41) is 2.06. The lowest BCUT2D eigenvalue weighted by molar-refractivity contribution is -0.155. The number of carbonyl (C=O) groups excluding carboxylic acids is 1. The summed E-state index contributed by atoms with van der Waals surface area (Å²) >= 11 is 0. The van der Waals surface area contributed by atoms with Crippen LogP contribution in [0.25, 0.3) is 0 Å². The topological polar surface area (TPSA) is 51.2 Å². The number of ether oxygens (including phenoxy) is 1. The molecule has 0 saturated carbocycles. The summed E-state index contributed by atoms with van der Waals surface area (Å²) in [6, 6.07) is 0.938. The van der Waals surface area contributed by atoms with Gasteiger partial charge in [-0.05, 0) is 19.9 Å². The fourth-order valence-corrected chi connectivity index (χ4v) is 1.53. The summed E-state index contributed by atoms with van der Waals surface area (Å²) in [6.45, 7) is 1.28. The minimum Gasteiger partial charge on any atom is -0.464 e. The van der Waals surface area contributed by atoms with E-state index >= 15 is 0 Å². The second-order valence-electron chi connectivity index (χ2n) is 4.21. The van der Waals surface area contributed by atoms with E-state index in [0.29, 0.717) is 0 Å². The average molecular weight is 294 g/mol. The molecule has 1 atom stereocenters. The highest BCUT2D eigenvalue weighted by molar-refractivity contribution is 5.82. The van der Waals surface area contributed by atoms with E-state index in [4.69, 9.17) is 4.74 Å². The van der Waals surface area contributed by atoms with Crippen LogP contribution in [0.3, 0.4) is 0 Å². The summed E-state index contributed by atoms with van der Waals surface area (Å²) in [6.07, 6.45) is -2.52. The van der Waals surface area contributed by atoms with Crippen LogP contribution in [0.5, 0.6) is 0 Å². The Kier molecular flexibility index (Phi) is 5.04. The van der Waals surface area contributed by atoms with Gasteiger partial charge in [0.05, 0.1) is 19.3 Å². The largest absolute Gasteiger partial charge is 0.464 e. The Balaban J connectivity index is 3.09. The molecule has 4 nitrogen and oxygen atoms in total. The number of pyridine rings is 1. The van der Waals surface area contributed by atoms with Gasteiger partial charge in [-0.2, -0.15) is 13.2 Å². The first-order valence-electron chi connectivity index (χ1n) is 5.79. The van der Waals surface area contributed by atoms with Gasteiger partial charge in [-0.1, -0.05) is 0 Å².